The van der Waals surface area contributed by atoms with Crippen LogP contribution in [0.25, 0.3) is 11.3 Å². The molecule has 2 aromatic heterocycles. The van der Waals surface area contributed by atoms with Crippen molar-refractivity contribution in [2.45, 2.75) is 6.54 Å². The Morgan fingerprint density at radius 2 is 2.00 bits per heavy atom. The maximum Gasteiger partial charge on any atom is 0.358 e. The van der Waals surface area contributed by atoms with Gasteiger partial charge in [-0.15, -0.1) is 5.10 Å². The lowest BCUT2D eigenvalue weighted by atomic mass is 10.1. The summed E-state index contributed by atoms with van der Waals surface area (Å²) in [6.45, 7) is 0.0385. The maximum atomic E-state index is 11.2. The number of aryl methyl sites for hydroxylation is 1. The van der Waals surface area contributed by atoms with Crippen molar-refractivity contribution in [3.8, 4) is 11.3 Å². The smallest absolute Gasteiger partial charge is 0.358 e. The molecule has 106 valence electrons. The Labute approximate surface area is 115 Å². The minimum absolute atomic E-state index is 0.0385. The molecular weight excluding hydrogens is 284 g/mol. The zero-order valence-corrected chi connectivity index (χ0v) is 11.4. The second kappa shape index (κ2) is 5.37. The van der Waals surface area contributed by atoms with Crippen molar-refractivity contribution in [2.24, 2.45) is 0 Å². The Balaban J connectivity index is 2.46. The summed E-state index contributed by atoms with van der Waals surface area (Å²) in [5, 5.41) is 16.4. The number of aromatic carboxylic acids is 1. The van der Waals surface area contributed by atoms with Crippen LogP contribution in [-0.2, 0) is 16.4 Å². The quantitative estimate of drug-likeness (QED) is 0.830. The normalized spacial score (nSPS) is 11.4. The number of rotatable bonds is 5. The summed E-state index contributed by atoms with van der Waals surface area (Å²) in [5.74, 6) is -1.37. The summed E-state index contributed by atoms with van der Waals surface area (Å²) in [6.07, 6.45) is 4.12. The van der Waals surface area contributed by atoms with E-state index in [1.54, 1.807) is 12.1 Å². The summed E-state index contributed by atoms with van der Waals surface area (Å²) in [6, 6.07) is 3.23. The van der Waals surface area contributed by atoms with Gasteiger partial charge in [0.1, 0.15) is 15.5 Å². The van der Waals surface area contributed by atoms with Crippen molar-refractivity contribution in [1.29, 1.82) is 0 Å². The highest BCUT2D eigenvalue weighted by Crippen LogP contribution is 2.21. The molecule has 2 heterocycles. The van der Waals surface area contributed by atoms with E-state index in [0.29, 0.717) is 5.56 Å². The Morgan fingerprint density at radius 3 is 2.55 bits per heavy atom. The summed E-state index contributed by atoms with van der Waals surface area (Å²) >= 11 is 0. The number of sulfone groups is 1. The first-order valence-electron chi connectivity index (χ1n) is 5.63. The van der Waals surface area contributed by atoms with E-state index < -0.39 is 15.8 Å². The van der Waals surface area contributed by atoms with Gasteiger partial charge in [-0.05, 0) is 12.1 Å². The zero-order valence-electron chi connectivity index (χ0n) is 10.6. The number of hydrogen-bond donors (Lipinski definition) is 1. The summed E-state index contributed by atoms with van der Waals surface area (Å²) in [5.41, 5.74) is 0.615. The molecule has 0 aliphatic heterocycles. The molecule has 2 rings (SSSR count). The molecule has 0 bridgehead atoms. The van der Waals surface area contributed by atoms with Gasteiger partial charge in [-0.25, -0.2) is 17.9 Å². The molecule has 1 N–H and O–H groups in total. The monoisotopic (exact) mass is 296 g/mol. The Bertz CT molecular complexity index is 724. The van der Waals surface area contributed by atoms with Gasteiger partial charge in [0.15, 0.2) is 5.69 Å². The number of pyridine rings is 1. The molecule has 0 saturated heterocycles. The van der Waals surface area contributed by atoms with Gasteiger partial charge in [-0.1, -0.05) is 5.21 Å². The molecule has 0 aliphatic rings. The first-order valence-corrected chi connectivity index (χ1v) is 7.69. The lowest BCUT2D eigenvalue weighted by Crippen LogP contribution is -2.13. The van der Waals surface area contributed by atoms with Crippen molar-refractivity contribution in [3.63, 3.8) is 0 Å². The number of carboxylic acids is 1. The largest absolute Gasteiger partial charge is 0.476 e. The molecule has 0 atom stereocenters. The Hall–Kier alpha value is -2.29. The fourth-order valence-electron chi connectivity index (χ4n) is 1.66. The van der Waals surface area contributed by atoms with E-state index >= 15 is 0 Å². The van der Waals surface area contributed by atoms with E-state index in [1.807, 2.05) is 0 Å². The molecule has 0 amide bonds. The highest BCUT2D eigenvalue weighted by Gasteiger charge is 2.21. The minimum atomic E-state index is -3.18. The van der Waals surface area contributed by atoms with Crippen LogP contribution in [-0.4, -0.2) is 51.5 Å². The fourth-order valence-corrected chi connectivity index (χ4v) is 2.17. The first-order chi connectivity index (χ1) is 9.38. The van der Waals surface area contributed by atoms with Crippen molar-refractivity contribution in [1.82, 2.24) is 20.0 Å². The summed E-state index contributed by atoms with van der Waals surface area (Å²) < 4.78 is 23.7. The van der Waals surface area contributed by atoms with Gasteiger partial charge in [0.05, 0.1) is 12.3 Å². The van der Waals surface area contributed by atoms with Gasteiger partial charge in [0, 0.05) is 24.2 Å². The van der Waals surface area contributed by atoms with Crippen LogP contribution in [0.5, 0.6) is 0 Å². The standard InChI is InChI=1S/C11H12N4O4S/c1-20(18,19)7-6-15-10(8-2-4-12-5-3-8)9(11(16)17)13-14-15/h2-5H,6-7H2,1H3,(H,16,17). The number of nitrogens with zero attached hydrogens (tertiary/aromatic N) is 4. The second-order valence-electron chi connectivity index (χ2n) is 4.18. The first kappa shape index (κ1) is 14.1. The SMILES string of the molecule is CS(=O)(=O)CCn1nnc(C(=O)O)c1-c1ccncc1. The molecular formula is C11H12N4O4S. The van der Waals surface area contributed by atoms with E-state index in [-0.39, 0.29) is 23.7 Å². The van der Waals surface area contributed by atoms with Crippen LogP contribution in [0.4, 0.5) is 0 Å². The average molecular weight is 296 g/mol. The fraction of sp³-hybridized carbons (Fsp3) is 0.273. The molecule has 20 heavy (non-hydrogen) atoms. The van der Waals surface area contributed by atoms with Crippen LogP contribution in [0, 0.1) is 0 Å². The summed E-state index contributed by atoms with van der Waals surface area (Å²) in [4.78, 5) is 15.0. The Morgan fingerprint density at radius 1 is 1.35 bits per heavy atom. The third-order valence-electron chi connectivity index (χ3n) is 2.57. The van der Waals surface area contributed by atoms with Crippen LogP contribution >= 0.6 is 0 Å². The van der Waals surface area contributed by atoms with Gasteiger partial charge in [0.25, 0.3) is 0 Å². The van der Waals surface area contributed by atoms with Crippen molar-refractivity contribution in [2.75, 3.05) is 12.0 Å². The van der Waals surface area contributed by atoms with E-state index in [2.05, 4.69) is 15.3 Å². The molecule has 0 spiro atoms. The van der Waals surface area contributed by atoms with E-state index in [4.69, 9.17) is 5.11 Å². The highest BCUT2D eigenvalue weighted by atomic mass is 32.2. The van der Waals surface area contributed by atoms with Crippen LogP contribution in [0.1, 0.15) is 10.5 Å². The third kappa shape index (κ3) is 3.18. The minimum Gasteiger partial charge on any atom is -0.476 e. The lowest BCUT2D eigenvalue weighted by Gasteiger charge is -2.06. The number of carbonyl (C=O) groups is 1. The second-order valence-corrected chi connectivity index (χ2v) is 6.44. The predicted octanol–water partition coefficient (Wildman–Crippen LogP) is 0.0829. The van der Waals surface area contributed by atoms with Gasteiger partial charge in [-0.2, -0.15) is 0 Å². The number of carboxylic acid groups (broad SMARTS) is 1. The topological polar surface area (TPSA) is 115 Å². The molecule has 0 aliphatic carbocycles. The van der Waals surface area contributed by atoms with Crippen molar-refractivity contribution >= 4 is 15.8 Å². The number of aromatic nitrogens is 4. The van der Waals surface area contributed by atoms with E-state index in [0.717, 1.165) is 6.26 Å². The lowest BCUT2D eigenvalue weighted by molar-refractivity contribution is 0.0691. The van der Waals surface area contributed by atoms with E-state index in [1.165, 1.54) is 17.1 Å². The van der Waals surface area contributed by atoms with Gasteiger partial charge < -0.3 is 5.11 Å². The molecule has 0 saturated carbocycles. The third-order valence-corrected chi connectivity index (χ3v) is 3.49. The maximum absolute atomic E-state index is 11.2. The van der Waals surface area contributed by atoms with Crippen LogP contribution in [0.15, 0.2) is 24.5 Å². The summed E-state index contributed by atoms with van der Waals surface area (Å²) in [7, 11) is -3.18. The number of hydrogen-bond acceptors (Lipinski definition) is 6. The van der Waals surface area contributed by atoms with Gasteiger partial charge >= 0.3 is 5.97 Å². The molecule has 8 nitrogen and oxygen atoms in total. The van der Waals surface area contributed by atoms with Crippen molar-refractivity contribution in [3.05, 3.63) is 30.2 Å². The van der Waals surface area contributed by atoms with Crippen LogP contribution in [0.3, 0.4) is 0 Å². The average Bonchev–Trinajstić information content (AvgIpc) is 2.80. The molecule has 0 unspecified atom stereocenters. The van der Waals surface area contributed by atoms with Crippen LogP contribution in [0.2, 0.25) is 0 Å². The molecule has 2 aromatic rings. The van der Waals surface area contributed by atoms with Gasteiger partial charge in [-0.3, -0.25) is 4.98 Å². The molecule has 0 aromatic carbocycles. The molecule has 0 fully saturated rings. The van der Waals surface area contributed by atoms with Gasteiger partial charge in [0.2, 0.25) is 0 Å². The Kier molecular flexibility index (Phi) is 3.79. The van der Waals surface area contributed by atoms with Crippen LogP contribution < -0.4 is 0 Å². The zero-order chi connectivity index (χ0) is 14.8. The highest BCUT2D eigenvalue weighted by molar-refractivity contribution is 7.90. The molecule has 9 heteroatoms. The molecule has 0 radical (unpaired) electrons. The van der Waals surface area contributed by atoms with E-state index in [9.17, 15) is 13.2 Å². The van der Waals surface area contributed by atoms with Crippen molar-refractivity contribution < 1.29 is 18.3 Å². The predicted molar refractivity (Wildman–Crippen MR) is 69.9 cm³/mol.